The van der Waals surface area contributed by atoms with Crippen molar-refractivity contribution in [3.8, 4) is 5.69 Å². The van der Waals surface area contributed by atoms with E-state index < -0.39 is 11.5 Å². The Labute approximate surface area is 165 Å². The van der Waals surface area contributed by atoms with Crippen LogP contribution < -0.4 is 10.9 Å². The Bertz CT molecular complexity index is 1150. The van der Waals surface area contributed by atoms with Gasteiger partial charge in [0.1, 0.15) is 30.6 Å². The van der Waals surface area contributed by atoms with E-state index in [-0.39, 0.29) is 12.1 Å². The Morgan fingerprint density at radius 3 is 2.76 bits per heavy atom. The number of benzene rings is 1. The molecular weight excluding hydrogens is 372 g/mol. The standard InChI is InChI=1S/C19H18N8O2/c28-18(16-9-22-17(25-19(16)29)11-26-13-20-12-24-26)21-7-6-14-8-23-27(10-14)15-4-2-1-3-5-15/h1-5,8-10,12-13H,6-7,11H2,(H,21,28)(H,22,25,29). The summed E-state index contributed by atoms with van der Waals surface area (Å²) in [5.41, 5.74) is 1.41. The molecule has 0 atom stereocenters. The van der Waals surface area contributed by atoms with Gasteiger partial charge in [0, 0.05) is 18.9 Å². The van der Waals surface area contributed by atoms with Gasteiger partial charge in [0.2, 0.25) is 0 Å². The summed E-state index contributed by atoms with van der Waals surface area (Å²) in [6.07, 6.45) is 8.44. The van der Waals surface area contributed by atoms with Crippen molar-refractivity contribution in [2.75, 3.05) is 6.54 Å². The molecule has 3 aromatic heterocycles. The third-order valence-electron chi connectivity index (χ3n) is 4.23. The highest BCUT2D eigenvalue weighted by atomic mass is 16.2. The second kappa shape index (κ2) is 8.30. The molecule has 0 radical (unpaired) electrons. The molecule has 1 amide bonds. The van der Waals surface area contributed by atoms with Crippen molar-refractivity contribution in [1.29, 1.82) is 0 Å². The summed E-state index contributed by atoms with van der Waals surface area (Å²) >= 11 is 0. The first-order chi connectivity index (χ1) is 14.2. The van der Waals surface area contributed by atoms with Crippen molar-refractivity contribution in [3.63, 3.8) is 0 Å². The van der Waals surface area contributed by atoms with Gasteiger partial charge in [-0.2, -0.15) is 10.2 Å². The summed E-state index contributed by atoms with van der Waals surface area (Å²) in [6, 6.07) is 9.76. The van der Waals surface area contributed by atoms with Gasteiger partial charge in [0.25, 0.3) is 11.5 Å². The second-order valence-electron chi connectivity index (χ2n) is 6.30. The predicted octanol–water partition coefficient (Wildman–Crippen LogP) is 0.568. The van der Waals surface area contributed by atoms with E-state index in [4.69, 9.17) is 0 Å². The normalized spacial score (nSPS) is 10.8. The molecule has 4 rings (SSSR count). The molecule has 1 aromatic carbocycles. The maximum Gasteiger partial charge on any atom is 0.263 e. The van der Waals surface area contributed by atoms with Crippen LogP contribution in [0.25, 0.3) is 5.69 Å². The number of nitrogens with one attached hydrogen (secondary N) is 2. The quantitative estimate of drug-likeness (QED) is 0.475. The van der Waals surface area contributed by atoms with Crippen LogP contribution in [0.2, 0.25) is 0 Å². The van der Waals surface area contributed by atoms with Gasteiger partial charge in [-0.25, -0.2) is 19.3 Å². The fourth-order valence-electron chi connectivity index (χ4n) is 2.77. The molecule has 0 bridgehead atoms. The molecule has 0 aliphatic carbocycles. The molecule has 4 aromatic rings. The molecule has 0 fully saturated rings. The third kappa shape index (κ3) is 4.43. The number of rotatable bonds is 7. The number of nitrogens with zero attached hydrogens (tertiary/aromatic N) is 6. The Morgan fingerprint density at radius 2 is 2.00 bits per heavy atom. The lowest BCUT2D eigenvalue weighted by molar-refractivity contribution is 0.0952. The van der Waals surface area contributed by atoms with Gasteiger partial charge in [-0.3, -0.25) is 9.59 Å². The monoisotopic (exact) mass is 390 g/mol. The number of amides is 1. The maximum absolute atomic E-state index is 12.3. The molecule has 0 aliphatic heterocycles. The highest BCUT2D eigenvalue weighted by Gasteiger charge is 2.12. The number of carbonyl (C=O) groups excluding carboxylic acids is 1. The molecule has 0 saturated carbocycles. The first kappa shape index (κ1) is 18.3. The van der Waals surface area contributed by atoms with Gasteiger partial charge >= 0.3 is 0 Å². The molecule has 146 valence electrons. The molecular formula is C19H18N8O2. The van der Waals surface area contributed by atoms with Gasteiger partial charge in [0.15, 0.2) is 0 Å². The zero-order chi connectivity index (χ0) is 20.1. The molecule has 0 spiro atoms. The Kier molecular flexibility index (Phi) is 5.23. The van der Waals surface area contributed by atoms with Gasteiger partial charge in [0.05, 0.1) is 11.9 Å². The number of hydrogen-bond acceptors (Lipinski definition) is 6. The minimum Gasteiger partial charge on any atom is -0.351 e. The number of aromatic nitrogens is 7. The van der Waals surface area contributed by atoms with Gasteiger partial charge < -0.3 is 10.3 Å². The summed E-state index contributed by atoms with van der Waals surface area (Å²) in [5, 5.41) is 11.0. The smallest absolute Gasteiger partial charge is 0.263 e. The van der Waals surface area contributed by atoms with Crippen molar-refractivity contribution in [2.24, 2.45) is 0 Å². The Morgan fingerprint density at radius 1 is 1.14 bits per heavy atom. The van der Waals surface area contributed by atoms with Crippen molar-refractivity contribution < 1.29 is 4.79 Å². The zero-order valence-electron chi connectivity index (χ0n) is 15.4. The van der Waals surface area contributed by atoms with E-state index in [9.17, 15) is 9.59 Å². The summed E-state index contributed by atoms with van der Waals surface area (Å²) in [4.78, 5) is 35.0. The van der Waals surface area contributed by atoms with E-state index in [2.05, 4.69) is 30.5 Å². The van der Waals surface area contributed by atoms with E-state index in [1.165, 1.54) is 23.5 Å². The van der Waals surface area contributed by atoms with Crippen molar-refractivity contribution >= 4 is 5.91 Å². The van der Waals surface area contributed by atoms with Gasteiger partial charge in [-0.05, 0) is 24.1 Å². The largest absolute Gasteiger partial charge is 0.351 e. The van der Waals surface area contributed by atoms with Gasteiger partial charge in [-0.15, -0.1) is 0 Å². The first-order valence-electron chi connectivity index (χ1n) is 8.97. The van der Waals surface area contributed by atoms with Crippen LogP contribution in [0.3, 0.4) is 0 Å². The van der Waals surface area contributed by atoms with Crippen LogP contribution >= 0.6 is 0 Å². The van der Waals surface area contributed by atoms with Crippen LogP contribution in [0.4, 0.5) is 0 Å². The first-order valence-corrected chi connectivity index (χ1v) is 8.97. The van der Waals surface area contributed by atoms with Crippen LogP contribution in [-0.4, -0.2) is 47.0 Å². The molecule has 10 heteroatoms. The second-order valence-corrected chi connectivity index (χ2v) is 6.30. The van der Waals surface area contributed by atoms with E-state index in [1.54, 1.807) is 10.9 Å². The number of para-hydroxylation sites is 1. The lowest BCUT2D eigenvalue weighted by Gasteiger charge is -2.05. The van der Waals surface area contributed by atoms with Gasteiger partial charge in [-0.1, -0.05) is 18.2 Å². The molecule has 29 heavy (non-hydrogen) atoms. The number of hydrogen-bond donors (Lipinski definition) is 2. The number of H-pyrrole nitrogens is 1. The third-order valence-corrected chi connectivity index (χ3v) is 4.23. The van der Waals surface area contributed by atoms with E-state index in [0.717, 1.165) is 11.3 Å². The lowest BCUT2D eigenvalue weighted by atomic mass is 10.2. The fraction of sp³-hybridized carbons (Fsp3) is 0.158. The van der Waals surface area contributed by atoms with E-state index >= 15 is 0 Å². The molecule has 0 unspecified atom stereocenters. The van der Waals surface area contributed by atoms with Crippen molar-refractivity contribution in [3.05, 3.63) is 88.9 Å². The molecule has 10 nitrogen and oxygen atoms in total. The molecule has 0 aliphatic rings. The average molecular weight is 390 g/mol. The molecule has 3 heterocycles. The van der Waals surface area contributed by atoms with Crippen molar-refractivity contribution in [1.82, 2.24) is 39.8 Å². The fourth-order valence-corrected chi connectivity index (χ4v) is 2.77. The van der Waals surface area contributed by atoms with Crippen LogP contribution in [-0.2, 0) is 13.0 Å². The highest BCUT2D eigenvalue weighted by molar-refractivity contribution is 5.93. The molecule has 2 N–H and O–H groups in total. The zero-order valence-corrected chi connectivity index (χ0v) is 15.4. The molecule has 0 saturated heterocycles. The van der Waals surface area contributed by atoms with Crippen LogP contribution in [0.1, 0.15) is 21.7 Å². The van der Waals surface area contributed by atoms with Crippen molar-refractivity contribution in [2.45, 2.75) is 13.0 Å². The maximum atomic E-state index is 12.3. The number of aromatic amines is 1. The van der Waals surface area contributed by atoms with E-state index in [1.807, 2.05) is 36.5 Å². The summed E-state index contributed by atoms with van der Waals surface area (Å²) < 4.78 is 3.30. The van der Waals surface area contributed by atoms with E-state index in [0.29, 0.717) is 18.8 Å². The Hall–Kier alpha value is -4.08. The minimum absolute atomic E-state index is 0.0349. The summed E-state index contributed by atoms with van der Waals surface area (Å²) in [7, 11) is 0. The predicted molar refractivity (Wildman–Crippen MR) is 104 cm³/mol. The summed E-state index contributed by atoms with van der Waals surface area (Å²) in [6.45, 7) is 0.641. The van der Waals surface area contributed by atoms with Crippen LogP contribution in [0, 0.1) is 0 Å². The average Bonchev–Trinajstić information content (AvgIpc) is 3.41. The van der Waals surface area contributed by atoms with Crippen LogP contribution in [0.15, 0.2) is 66.4 Å². The number of carbonyl (C=O) groups is 1. The van der Waals surface area contributed by atoms with Crippen LogP contribution in [0.5, 0.6) is 0 Å². The lowest BCUT2D eigenvalue weighted by Crippen LogP contribution is -2.32. The summed E-state index contributed by atoms with van der Waals surface area (Å²) in [5.74, 6) is -0.0770. The Balaban J connectivity index is 1.33. The topological polar surface area (TPSA) is 123 Å². The minimum atomic E-state index is -0.496. The SMILES string of the molecule is O=C(NCCc1cnn(-c2ccccc2)c1)c1cnc(Cn2cncn2)[nH]c1=O. The highest BCUT2D eigenvalue weighted by Crippen LogP contribution is 2.07.